The molecule has 0 amide bonds. The van der Waals surface area contributed by atoms with Crippen molar-refractivity contribution in [2.75, 3.05) is 0 Å². The van der Waals surface area contributed by atoms with Crippen molar-refractivity contribution in [3.63, 3.8) is 0 Å². The van der Waals surface area contributed by atoms with E-state index in [0.717, 1.165) is 82.6 Å². The normalized spacial score (nSPS) is 11.7. The summed E-state index contributed by atoms with van der Waals surface area (Å²) in [7, 11) is 0. The van der Waals surface area contributed by atoms with Gasteiger partial charge in [0.2, 0.25) is 0 Å². The Morgan fingerprint density at radius 2 is 0.785 bits per heavy atom. The quantitative estimate of drug-likeness (QED) is 0.157. The lowest BCUT2D eigenvalue weighted by Crippen LogP contribution is -2.01. The Bertz CT molecular complexity index is 4000. The molecule has 65 heavy (non-hydrogen) atoms. The van der Waals surface area contributed by atoms with E-state index in [4.69, 9.17) is 19.4 Å². The van der Waals surface area contributed by atoms with Crippen LogP contribution in [0.4, 0.5) is 0 Å². The van der Waals surface area contributed by atoms with Crippen LogP contribution in [-0.2, 0) is 0 Å². The Labute approximate surface area is 374 Å². The molecule has 0 fully saturated rings. The first kappa shape index (κ1) is 36.9. The van der Waals surface area contributed by atoms with E-state index in [0.29, 0.717) is 17.5 Å². The highest BCUT2D eigenvalue weighted by molar-refractivity contribution is 6.17. The standard InChI is InChI=1S/C61H37N3O/c1-2-12-38(13-3-1)44-34-35-54-57(37-44)65-56-25-11-23-52(58(54)56)50-21-9-22-51-49(50)20-10-24-53(51)61-63-59(43-31-28-41(29-32-43)47-19-8-16-39-14-4-6-17-46(39)47)62-60(64-61)45-33-30-42-27-26-40-15-5-7-18-48(40)55(42)36-45/h1-37H. The summed E-state index contributed by atoms with van der Waals surface area (Å²) >= 11 is 0. The summed E-state index contributed by atoms with van der Waals surface area (Å²) < 4.78 is 6.57. The van der Waals surface area contributed by atoms with Gasteiger partial charge in [0.15, 0.2) is 17.5 Å². The molecule has 4 nitrogen and oxygen atoms in total. The first-order valence-corrected chi connectivity index (χ1v) is 22.0. The van der Waals surface area contributed by atoms with E-state index in [1.165, 1.54) is 32.5 Å². The third-order valence-electron chi connectivity index (χ3n) is 12.9. The minimum absolute atomic E-state index is 0.615. The van der Waals surface area contributed by atoms with Crippen molar-refractivity contribution in [1.82, 2.24) is 15.0 Å². The maximum Gasteiger partial charge on any atom is 0.164 e. The van der Waals surface area contributed by atoms with Gasteiger partial charge >= 0.3 is 0 Å². The summed E-state index contributed by atoms with van der Waals surface area (Å²) in [5.74, 6) is 1.85. The Balaban J connectivity index is 0.978. The lowest BCUT2D eigenvalue weighted by molar-refractivity contribution is 0.669. The van der Waals surface area contributed by atoms with Gasteiger partial charge in [-0.3, -0.25) is 0 Å². The molecule has 0 spiro atoms. The average Bonchev–Trinajstić information content (AvgIpc) is 3.76. The van der Waals surface area contributed by atoms with Crippen LogP contribution in [0.3, 0.4) is 0 Å². The van der Waals surface area contributed by atoms with Gasteiger partial charge in [-0.15, -0.1) is 0 Å². The molecule has 302 valence electrons. The van der Waals surface area contributed by atoms with Gasteiger partial charge in [-0.1, -0.05) is 200 Å². The van der Waals surface area contributed by atoms with Crippen molar-refractivity contribution in [3.05, 3.63) is 224 Å². The van der Waals surface area contributed by atoms with Crippen LogP contribution < -0.4 is 0 Å². The molecule has 4 heteroatoms. The van der Waals surface area contributed by atoms with Gasteiger partial charge in [-0.05, 0) is 101 Å². The van der Waals surface area contributed by atoms with Crippen LogP contribution in [0.25, 0.3) is 133 Å². The first-order valence-electron chi connectivity index (χ1n) is 22.0. The number of hydrogen-bond donors (Lipinski definition) is 0. The number of rotatable bonds is 6. The molecule has 0 radical (unpaired) electrons. The fraction of sp³-hybridized carbons (Fsp3) is 0. The summed E-state index contributed by atoms with van der Waals surface area (Å²) in [5.41, 5.74) is 11.4. The number of fused-ring (bicyclic) bond motifs is 8. The van der Waals surface area contributed by atoms with Crippen molar-refractivity contribution in [2.45, 2.75) is 0 Å². The Hall–Kier alpha value is -8.73. The molecule has 0 aliphatic carbocycles. The fourth-order valence-corrected chi connectivity index (χ4v) is 9.77. The summed E-state index contributed by atoms with van der Waals surface area (Å²) in [6, 6.07) is 79.4. The van der Waals surface area contributed by atoms with Gasteiger partial charge in [-0.25, -0.2) is 15.0 Å². The number of hydrogen-bond acceptors (Lipinski definition) is 4. The van der Waals surface area contributed by atoms with Gasteiger partial charge in [0, 0.05) is 27.5 Å². The third-order valence-corrected chi connectivity index (χ3v) is 12.9. The zero-order valence-electron chi connectivity index (χ0n) is 35.1. The lowest BCUT2D eigenvalue weighted by Gasteiger charge is -2.14. The molecule has 0 N–H and O–H groups in total. The van der Waals surface area contributed by atoms with Gasteiger partial charge in [0.1, 0.15) is 11.2 Å². The van der Waals surface area contributed by atoms with E-state index in [-0.39, 0.29) is 0 Å². The average molecular weight is 828 g/mol. The van der Waals surface area contributed by atoms with Crippen LogP contribution in [0.1, 0.15) is 0 Å². The number of furan rings is 1. The van der Waals surface area contributed by atoms with Gasteiger partial charge in [-0.2, -0.15) is 0 Å². The molecule has 2 heterocycles. The zero-order chi connectivity index (χ0) is 42.8. The number of benzene rings is 11. The maximum absolute atomic E-state index is 6.57. The summed E-state index contributed by atoms with van der Waals surface area (Å²) in [6.07, 6.45) is 0. The molecule has 13 rings (SSSR count). The summed E-state index contributed by atoms with van der Waals surface area (Å²) in [5, 5.41) is 11.5. The molecular formula is C61H37N3O. The molecular weight excluding hydrogens is 791 g/mol. The molecule has 0 aliphatic heterocycles. The summed E-state index contributed by atoms with van der Waals surface area (Å²) in [4.78, 5) is 15.8. The van der Waals surface area contributed by atoms with Gasteiger partial charge in [0.05, 0.1) is 0 Å². The number of nitrogens with zero attached hydrogens (tertiary/aromatic N) is 3. The second-order valence-corrected chi connectivity index (χ2v) is 16.7. The topological polar surface area (TPSA) is 51.8 Å². The van der Waals surface area contributed by atoms with Crippen molar-refractivity contribution in [1.29, 1.82) is 0 Å². The van der Waals surface area contributed by atoms with E-state index >= 15 is 0 Å². The van der Waals surface area contributed by atoms with E-state index in [9.17, 15) is 0 Å². The highest BCUT2D eigenvalue weighted by Gasteiger charge is 2.19. The van der Waals surface area contributed by atoms with E-state index in [1.54, 1.807) is 0 Å². The molecule has 11 aromatic carbocycles. The van der Waals surface area contributed by atoms with Crippen molar-refractivity contribution in [2.24, 2.45) is 0 Å². The Morgan fingerprint density at radius 1 is 0.246 bits per heavy atom. The van der Waals surface area contributed by atoms with Crippen molar-refractivity contribution < 1.29 is 4.42 Å². The first-order chi connectivity index (χ1) is 32.2. The van der Waals surface area contributed by atoms with Crippen molar-refractivity contribution >= 4 is 65.0 Å². The third kappa shape index (κ3) is 6.26. The second-order valence-electron chi connectivity index (χ2n) is 16.7. The minimum atomic E-state index is 0.615. The lowest BCUT2D eigenvalue weighted by atomic mass is 9.92. The highest BCUT2D eigenvalue weighted by Crippen LogP contribution is 2.42. The minimum Gasteiger partial charge on any atom is -0.456 e. The van der Waals surface area contributed by atoms with Crippen LogP contribution in [0.5, 0.6) is 0 Å². The predicted octanol–water partition coefficient (Wildman–Crippen LogP) is 16.4. The SMILES string of the molecule is c1ccc(-c2ccc3c(c2)oc2cccc(-c4cccc5c(-c6nc(-c7ccc(-c8cccc9ccccc89)cc7)nc(-c7ccc8ccc9ccccc9c8c7)n6)cccc45)c23)cc1. The molecule has 0 bridgehead atoms. The molecule has 0 saturated carbocycles. The Morgan fingerprint density at radius 3 is 1.62 bits per heavy atom. The Kier molecular flexibility index (Phi) is 8.50. The van der Waals surface area contributed by atoms with E-state index in [1.807, 2.05) is 6.07 Å². The van der Waals surface area contributed by atoms with E-state index < -0.39 is 0 Å². The van der Waals surface area contributed by atoms with Crippen LogP contribution in [0, 0.1) is 0 Å². The van der Waals surface area contributed by atoms with Gasteiger partial charge in [0.25, 0.3) is 0 Å². The predicted molar refractivity (Wildman–Crippen MR) is 270 cm³/mol. The largest absolute Gasteiger partial charge is 0.456 e. The fourth-order valence-electron chi connectivity index (χ4n) is 9.77. The molecule has 0 aliphatic rings. The molecule has 0 atom stereocenters. The second kappa shape index (κ2) is 15.0. The van der Waals surface area contributed by atoms with Crippen molar-refractivity contribution in [3.8, 4) is 67.5 Å². The van der Waals surface area contributed by atoms with Crippen LogP contribution >= 0.6 is 0 Å². The molecule has 13 aromatic rings. The highest BCUT2D eigenvalue weighted by atomic mass is 16.3. The number of aromatic nitrogens is 3. The van der Waals surface area contributed by atoms with Gasteiger partial charge < -0.3 is 4.42 Å². The van der Waals surface area contributed by atoms with Crippen LogP contribution in [0.2, 0.25) is 0 Å². The molecule has 2 aromatic heterocycles. The maximum atomic E-state index is 6.57. The van der Waals surface area contributed by atoms with Crippen LogP contribution in [-0.4, -0.2) is 15.0 Å². The van der Waals surface area contributed by atoms with E-state index in [2.05, 4.69) is 218 Å². The molecule has 0 unspecified atom stereocenters. The summed E-state index contributed by atoms with van der Waals surface area (Å²) in [6.45, 7) is 0. The van der Waals surface area contributed by atoms with Crippen LogP contribution in [0.15, 0.2) is 229 Å². The smallest absolute Gasteiger partial charge is 0.164 e. The monoisotopic (exact) mass is 827 g/mol. The zero-order valence-corrected chi connectivity index (χ0v) is 35.1. The molecule has 0 saturated heterocycles.